The van der Waals surface area contributed by atoms with Gasteiger partial charge in [0.15, 0.2) is 11.6 Å². The van der Waals surface area contributed by atoms with Crippen LogP contribution in [0.4, 0.5) is 0 Å². The number of nitrogens with one attached hydrogen (secondary N) is 2. The second-order valence-corrected chi connectivity index (χ2v) is 17.8. The number of amides is 6. The van der Waals surface area contributed by atoms with Gasteiger partial charge in [0.25, 0.3) is 29.5 Å². The molecule has 0 aromatic rings. The fourth-order valence-electron chi connectivity index (χ4n) is 8.53. The maximum absolute atomic E-state index is 15.0. The summed E-state index contributed by atoms with van der Waals surface area (Å²) >= 11 is 0. The quantitative estimate of drug-likeness (QED) is 0.142. The molecule has 0 radical (unpaired) electrons. The van der Waals surface area contributed by atoms with Crippen LogP contribution in [0.15, 0.2) is 0 Å². The second-order valence-electron chi connectivity index (χ2n) is 17.8. The van der Waals surface area contributed by atoms with Gasteiger partial charge in [-0.1, -0.05) is 34.1 Å². The van der Waals surface area contributed by atoms with Crippen LogP contribution in [-0.2, 0) is 43.0 Å². The van der Waals surface area contributed by atoms with Crippen molar-refractivity contribution >= 4 is 41.4 Å². The third-order valence-corrected chi connectivity index (χ3v) is 12.9. The van der Waals surface area contributed by atoms with Crippen molar-refractivity contribution in [1.29, 1.82) is 0 Å². The third-order valence-electron chi connectivity index (χ3n) is 12.9. The molecule has 0 spiro atoms. The first kappa shape index (κ1) is 49.7. The molecule has 61 heavy (non-hydrogen) atoms. The standard InChI is InChI=1S/C40H68N8O13/c1-11-23(4)20-27-16-17-40(57,61-26(27)7)39(8,56)38(55)42-31-32(22(2)3)60-37(54)25(6)48(59)34(51)28-14-12-18-43(9)45(28)30(49)21-41-33(50)24(5)47(58)35(52)29-15-13-19-44(10)46(29)36(31)53/h22-29,31-32,56-59H,11-21H2,1-10H3,(H,41,50)(H,42,55)/t23-,24-,25+,26+,27+,28-,29+,31-,32-,39+,40+/m0/s1. The Kier molecular flexibility index (Phi) is 16.3. The van der Waals surface area contributed by atoms with Gasteiger partial charge in [0.1, 0.15) is 30.3 Å². The van der Waals surface area contributed by atoms with Crippen molar-refractivity contribution in [1.82, 2.24) is 40.8 Å². The van der Waals surface area contributed by atoms with Gasteiger partial charge in [0.2, 0.25) is 11.7 Å². The molecule has 4 fully saturated rings. The highest BCUT2D eigenvalue weighted by atomic mass is 16.6. The smallest absolute Gasteiger partial charge is 0.331 e. The first-order valence-electron chi connectivity index (χ1n) is 21.4. The minimum atomic E-state index is -2.70. The van der Waals surface area contributed by atoms with E-state index in [1.807, 2.05) is 0 Å². The topological polar surface area (TPSA) is 262 Å². The van der Waals surface area contributed by atoms with E-state index < -0.39 is 108 Å². The summed E-state index contributed by atoms with van der Waals surface area (Å²) in [5.74, 6) is -10.2. The van der Waals surface area contributed by atoms with Crippen molar-refractivity contribution in [2.45, 2.75) is 161 Å². The van der Waals surface area contributed by atoms with E-state index in [9.17, 15) is 49.4 Å². The number of hydroxylamine groups is 4. The van der Waals surface area contributed by atoms with Crippen LogP contribution in [0.1, 0.15) is 107 Å². The number of carbonyl (C=O) groups excluding carboxylic acids is 7. The summed E-state index contributed by atoms with van der Waals surface area (Å²) < 4.78 is 11.9. The van der Waals surface area contributed by atoms with Gasteiger partial charge in [-0.05, 0) is 84.0 Å². The molecule has 4 heterocycles. The first-order valence-corrected chi connectivity index (χ1v) is 21.4. The van der Waals surface area contributed by atoms with E-state index in [1.165, 1.54) is 31.0 Å². The van der Waals surface area contributed by atoms with E-state index in [-0.39, 0.29) is 41.9 Å². The van der Waals surface area contributed by atoms with Gasteiger partial charge < -0.3 is 30.3 Å². The number of carbonyl (C=O) groups is 7. The zero-order valence-corrected chi connectivity index (χ0v) is 37.2. The summed E-state index contributed by atoms with van der Waals surface area (Å²) in [7, 11) is 3.00. The van der Waals surface area contributed by atoms with Crippen molar-refractivity contribution in [2.24, 2.45) is 17.8 Å². The van der Waals surface area contributed by atoms with Crippen LogP contribution < -0.4 is 10.6 Å². The number of esters is 1. The zero-order chi connectivity index (χ0) is 45.9. The normalized spacial score (nSPS) is 34.1. The Balaban J connectivity index is 1.80. The maximum atomic E-state index is 15.0. The second kappa shape index (κ2) is 20.0. The molecule has 21 nitrogen and oxygen atoms in total. The summed E-state index contributed by atoms with van der Waals surface area (Å²) in [4.78, 5) is 98.1. The number of rotatable bonds is 7. The molecule has 0 saturated carbocycles. The van der Waals surface area contributed by atoms with Gasteiger partial charge in [-0.3, -0.25) is 49.2 Å². The molecule has 4 saturated heterocycles. The Bertz CT molecular complexity index is 1650. The Labute approximate surface area is 357 Å². The lowest BCUT2D eigenvalue weighted by Gasteiger charge is -2.48. The molecule has 11 atom stereocenters. The molecule has 6 N–H and O–H groups in total. The lowest BCUT2D eigenvalue weighted by Crippen LogP contribution is -2.70. The highest BCUT2D eigenvalue weighted by molar-refractivity contribution is 5.97. The van der Waals surface area contributed by atoms with Crippen molar-refractivity contribution < 1.29 is 63.7 Å². The van der Waals surface area contributed by atoms with E-state index in [0.29, 0.717) is 31.7 Å². The van der Waals surface area contributed by atoms with Gasteiger partial charge >= 0.3 is 5.97 Å². The molecular formula is C40H68N8O13. The van der Waals surface area contributed by atoms with Crippen LogP contribution >= 0.6 is 0 Å². The SMILES string of the molecule is CC[C@H](C)C[C@H]1CC[C@](O)([C@](C)(O)C(=O)N[C@@H]2C(=O)N3[C@H](CCCN3C)C(=O)N(O)[C@@H](C)C(=O)NCC(=O)N3[C@@H](CCCN3C)C(=O)N(O)[C@H](C)C(=O)O[C@H]2C(C)C)O[C@@H]1C. The van der Waals surface area contributed by atoms with Crippen molar-refractivity contribution in [3.63, 3.8) is 0 Å². The predicted molar refractivity (Wildman–Crippen MR) is 214 cm³/mol. The van der Waals surface area contributed by atoms with E-state index in [2.05, 4.69) is 24.5 Å². The highest BCUT2D eigenvalue weighted by Gasteiger charge is 2.57. The number of ether oxygens (including phenoxy) is 2. The lowest BCUT2D eigenvalue weighted by molar-refractivity contribution is -0.326. The predicted octanol–water partition coefficient (Wildman–Crippen LogP) is -0.252. The molecule has 0 aromatic carbocycles. The molecule has 0 aliphatic carbocycles. The van der Waals surface area contributed by atoms with E-state index in [4.69, 9.17) is 9.47 Å². The van der Waals surface area contributed by atoms with Gasteiger partial charge in [-0.25, -0.2) is 24.9 Å². The van der Waals surface area contributed by atoms with E-state index in [1.54, 1.807) is 20.8 Å². The largest absolute Gasteiger partial charge is 0.458 e. The fourth-order valence-corrected chi connectivity index (χ4v) is 8.53. The highest BCUT2D eigenvalue weighted by Crippen LogP contribution is 2.41. The molecule has 0 unspecified atom stereocenters. The van der Waals surface area contributed by atoms with Crippen LogP contribution in [0.25, 0.3) is 0 Å². The molecule has 4 aliphatic heterocycles. The summed E-state index contributed by atoms with van der Waals surface area (Å²) in [5.41, 5.74) is -2.70. The average Bonchev–Trinajstić information content (AvgIpc) is 3.21. The Morgan fingerprint density at radius 1 is 0.885 bits per heavy atom. The number of cyclic esters (lactones) is 1. The zero-order valence-electron chi connectivity index (χ0n) is 37.2. The van der Waals surface area contributed by atoms with E-state index >= 15 is 4.79 Å². The molecule has 346 valence electrons. The van der Waals surface area contributed by atoms with E-state index in [0.717, 1.165) is 36.7 Å². The fraction of sp³-hybridized carbons (Fsp3) is 0.825. The van der Waals surface area contributed by atoms with Crippen LogP contribution in [0.5, 0.6) is 0 Å². The van der Waals surface area contributed by atoms with Crippen LogP contribution in [0, 0.1) is 17.8 Å². The minimum absolute atomic E-state index is 0.0199. The average molecular weight is 869 g/mol. The van der Waals surface area contributed by atoms with Gasteiger partial charge in [-0.2, -0.15) is 0 Å². The molecule has 0 bridgehead atoms. The Hall–Kier alpha value is -3.99. The summed E-state index contributed by atoms with van der Waals surface area (Å²) in [5, 5.41) is 56.0. The molecule has 21 heteroatoms. The monoisotopic (exact) mass is 868 g/mol. The maximum Gasteiger partial charge on any atom is 0.331 e. The number of aliphatic hydroxyl groups is 2. The lowest BCUT2D eigenvalue weighted by atomic mass is 9.79. The summed E-state index contributed by atoms with van der Waals surface area (Å²) in [6.07, 6.45) is 0.627. The number of hydrazine groups is 2. The molecule has 0 aromatic heterocycles. The van der Waals surface area contributed by atoms with Crippen molar-refractivity contribution in [3.8, 4) is 0 Å². The summed E-state index contributed by atoms with van der Waals surface area (Å²) in [6, 6.07) is -8.02. The summed E-state index contributed by atoms with van der Waals surface area (Å²) in [6.45, 7) is 12.3. The molecular weight excluding hydrogens is 800 g/mol. The van der Waals surface area contributed by atoms with Crippen LogP contribution in [0.2, 0.25) is 0 Å². The number of hydrogen-bond acceptors (Lipinski definition) is 15. The van der Waals surface area contributed by atoms with Crippen LogP contribution in [0.3, 0.4) is 0 Å². The number of fused-ring (bicyclic) bond motifs is 2. The van der Waals surface area contributed by atoms with Gasteiger partial charge in [0, 0.05) is 33.6 Å². The molecule has 4 aliphatic rings. The Morgan fingerprint density at radius 2 is 1.43 bits per heavy atom. The minimum Gasteiger partial charge on any atom is -0.458 e. The number of nitrogens with zero attached hydrogens (tertiary/aromatic N) is 6. The van der Waals surface area contributed by atoms with Gasteiger partial charge in [-0.15, -0.1) is 0 Å². The number of hydrogen-bond donors (Lipinski definition) is 6. The molecule has 4 rings (SSSR count). The first-order chi connectivity index (χ1) is 28.4. The van der Waals surface area contributed by atoms with Gasteiger partial charge in [0.05, 0.1) is 12.6 Å². The molecule has 6 amide bonds. The Morgan fingerprint density at radius 3 is 1.97 bits per heavy atom. The van der Waals surface area contributed by atoms with Crippen molar-refractivity contribution in [2.75, 3.05) is 33.7 Å². The third kappa shape index (κ3) is 10.5. The van der Waals surface area contributed by atoms with Crippen LogP contribution in [-0.4, -0.2) is 180 Å². The van der Waals surface area contributed by atoms with Crippen molar-refractivity contribution in [3.05, 3.63) is 0 Å².